The molecule has 0 radical (unpaired) electrons. The number of aromatic nitrogens is 1. The number of para-hydroxylation sites is 1. The molecule has 0 bridgehead atoms. The summed E-state index contributed by atoms with van der Waals surface area (Å²) in [7, 11) is 3.06. The monoisotopic (exact) mass is 323 g/mol. The van der Waals surface area contributed by atoms with Gasteiger partial charge in [0.15, 0.2) is 5.75 Å². The molecule has 1 heterocycles. The normalized spacial score (nSPS) is 10.5. The van der Waals surface area contributed by atoms with Gasteiger partial charge in [0.05, 0.1) is 19.8 Å². The number of fused-ring (bicyclic) bond motifs is 1. The Kier molecular flexibility index (Phi) is 4.33. The first-order valence-electron chi connectivity index (χ1n) is 7.42. The number of esters is 1. The van der Waals surface area contributed by atoms with Crippen LogP contribution in [0.25, 0.3) is 10.9 Å². The summed E-state index contributed by atoms with van der Waals surface area (Å²) in [4.78, 5) is 17.0. The first kappa shape index (κ1) is 15.8. The van der Waals surface area contributed by atoms with E-state index in [0.29, 0.717) is 28.3 Å². The zero-order valence-electron chi connectivity index (χ0n) is 13.7. The van der Waals surface area contributed by atoms with Gasteiger partial charge < -0.3 is 14.2 Å². The van der Waals surface area contributed by atoms with Crippen molar-refractivity contribution in [1.29, 1.82) is 0 Å². The predicted octanol–water partition coefficient (Wildman–Crippen LogP) is 3.78. The summed E-state index contributed by atoms with van der Waals surface area (Å²) < 4.78 is 15.9. The standard InChI is InChI=1S/C19H17NO4/c1-12-7-8-13-5-4-6-17(18(13)20-12)24-19(21)14-9-15(22-2)11-16(10-14)23-3/h4-11H,1-3H3. The Hall–Kier alpha value is -3.08. The number of rotatable bonds is 4. The molecule has 0 fully saturated rings. The van der Waals surface area contributed by atoms with Crippen molar-refractivity contribution in [3.05, 3.63) is 59.8 Å². The van der Waals surface area contributed by atoms with Gasteiger partial charge >= 0.3 is 5.97 Å². The van der Waals surface area contributed by atoms with Gasteiger partial charge in [-0.1, -0.05) is 18.2 Å². The molecule has 0 amide bonds. The van der Waals surface area contributed by atoms with Crippen molar-refractivity contribution in [2.24, 2.45) is 0 Å². The third kappa shape index (κ3) is 3.15. The fourth-order valence-corrected chi connectivity index (χ4v) is 2.38. The van der Waals surface area contributed by atoms with Crippen molar-refractivity contribution < 1.29 is 19.0 Å². The summed E-state index contributed by atoms with van der Waals surface area (Å²) in [6.07, 6.45) is 0. The number of aryl methyl sites for hydroxylation is 1. The zero-order valence-corrected chi connectivity index (χ0v) is 13.7. The number of carbonyl (C=O) groups excluding carboxylic acids is 1. The van der Waals surface area contributed by atoms with E-state index in [0.717, 1.165) is 11.1 Å². The third-order valence-electron chi connectivity index (χ3n) is 3.61. The average molecular weight is 323 g/mol. The molecular formula is C19H17NO4. The van der Waals surface area contributed by atoms with E-state index in [9.17, 15) is 4.79 Å². The lowest BCUT2D eigenvalue weighted by Crippen LogP contribution is -2.09. The van der Waals surface area contributed by atoms with Crippen LogP contribution in [0.15, 0.2) is 48.5 Å². The molecule has 5 heteroatoms. The van der Waals surface area contributed by atoms with Crippen LogP contribution in [0.2, 0.25) is 0 Å². The fourth-order valence-electron chi connectivity index (χ4n) is 2.38. The quantitative estimate of drug-likeness (QED) is 0.540. The molecule has 0 aliphatic rings. The van der Waals surface area contributed by atoms with E-state index in [1.54, 1.807) is 24.3 Å². The first-order valence-corrected chi connectivity index (χ1v) is 7.42. The maximum Gasteiger partial charge on any atom is 0.343 e. The molecule has 3 rings (SSSR count). The summed E-state index contributed by atoms with van der Waals surface area (Å²) in [5.74, 6) is 0.965. The summed E-state index contributed by atoms with van der Waals surface area (Å²) >= 11 is 0. The molecule has 5 nitrogen and oxygen atoms in total. The van der Waals surface area contributed by atoms with Crippen LogP contribution in [0.3, 0.4) is 0 Å². The third-order valence-corrected chi connectivity index (χ3v) is 3.61. The van der Waals surface area contributed by atoms with E-state index in [-0.39, 0.29) is 0 Å². The van der Waals surface area contributed by atoms with Crippen molar-refractivity contribution in [3.63, 3.8) is 0 Å². The summed E-state index contributed by atoms with van der Waals surface area (Å²) in [5, 5.41) is 0.911. The number of hydrogen-bond donors (Lipinski definition) is 0. The molecule has 0 N–H and O–H groups in total. The van der Waals surface area contributed by atoms with Crippen molar-refractivity contribution in [3.8, 4) is 17.2 Å². The number of benzene rings is 2. The molecule has 24 heavy (non-hydrogen) atoms. The van der Waals surface area contributed by atoms with Crippen LogP contribution >= 0.6 is 0 Å². The molecule has 122 valence electrons. The largest absolute Gasteiger partial charge is 0.497 e. The van der Waals surface area contributed by atoms with Gasteiger partial charge in [0.2, 0.25) is 0 Å². The van der Waals surface area contributed by atoms with Gasteiger partial charge in [-0.2, -0.15) is 0 Å². The van der Waals surface area contributed by atoms with Gasteiger partial charge in [-0.05, 0) is 31.2 Å². The Morgan fingerprint density at radius 2 is 1.67 bits per heavy atom. The van der Waals surface area contributed by atoms with Gasteiger partial charge in [-0.3, -0.25) is 0 Å². The maximum absolute atomic E-state index is 12.5. The molecule has 3 aromatic rings. The molecule has 1 aromatic heterocycles. The van der Waals surface area contributed by atoms with E-state index in [1.807, 2.05) is 31.2 Å². The highest BCUT2D eigenvalue weighted by Crippen LogP contribution is 2.27. The molecule has 0 unspecified atom stereocenters. The van der Waals surface area contributed by atoms with Gasteiger partial charge in [-0.25, -0.2) is 9.78 Å². The van der Waals surface area contributed by atoms with Crippen molar-refractivity contribution in [1.82, 2.24) is 4.98 Å². The minimum Gasteiger partial charge on any atom is -0.497 e. The lowest BCUT2D eigenvalue weighted by atomic mass is 10.2. The van der Waals surface area contributed by atoms with Gasteiger partial charge in [0.25, 0.3) is 0 Å². The molecule has 0 spiro atoms. The molecule has 0 saturated carbocycles. The maximum atomic E-state index is 12.5. The first-order chi connectivity index (χ1) is 11.6. The highest BCUT2D eigenvalue weighted by molar-refractivity contribution is 5.95. The fraction of sp³-hybridized carbons (Fsp3) is 0.158. The second kappa shape index (κ2) is 6.58. The van der Waals surface area contributed by atoms with Crippen LogP contribution in [0.1, 0.15) is 16.1 Å². The Bertz CT molecular complexity index is 883. The number of methoxy groups -OCH3 is 2. The highest BCUT2D eigenvalue weighted by atomic mass is 16.5. The Balaban J connectivity index is 1.97. The van der Waals surface area contributed by atoms with E-state index in [4.69, 9.17) is 14.2 Å². The topological polar surface area (TPSA) is 57.7 Å². The lowest BCUT2D eigenvalue weighted by molar-refractivity contribution is 0.0736. The predicted molar refractivity (Wildman–Crippen MR) is 91.0 cm³/mol. The molecule has 0 aliphatic carbocycles. The zero-order chi connectivity index (χ0) is 17.1. The van der Waals surface area contributed by atoms with E-state index in [1.165, 1.54) is 14.2 Å². The molecular weight excluding hydrogens is 306 g/mol. The Labute approximate surface area is 139 Å². The van der Waals surface area contributed by atoms with Crippen LogP contribution in [0, 0.1) is 6.92 Å². The lowest BCUT2D eigenvalue weighted by Gasteiger charge is -2.10. The number of ether oxygens (including phenoxy) is 3. The van der Waals surface area contributed by atoms with E-state index < -0.39 is 5.97 Å². The minimum absolute atomic E-state index is 0.343. The minimum atomic E-state index is -0.497. The SMILES string of the molecule is COc1cc(OC)cc(C(=O)Oc2cccc3ccc(C)nc23)c1. The van der Waals surface area contributed by atoms with Crippen LogP contribution < -0.4 is 14.2 Å². The number of hydrogen-bond acceptors (Lipinski definition) is 5. The smallest absolute Gasteiger partial charge is 0.343 e. The summed E-state index contributed by atoms with van der Waals surface area (Å²) in [6, 6.07) is 14.2. The van der Waals surface area contributed by atoms with Gasteiger partial charge in [0, 0.05) is 17.1 Å². The van der Waals surface area contributed by atoms with E-state index in [2.05, 4.69) is 4.98 Å². The second-order valence-corrected chi connectivity index (χ2v) is 5.27. The van der Waals surface area contributed by atoms with Gasteiger partial charge in [-0.15, -0.1) is 0 Å². The molecule has 0 atom stereocenters. The van der Waals surface area contributed by atoms with Crippen molar-refractivity contribution >= 4 is 16.9 Å². The van der Waals surface area contributed by atoms with Crippen LogP contribution in [-0.2, 0) is 0 Å². The van der Waals surface area contributed by atoms with Crippen LogP contribution in [0.5, 0.6) is 17.2 Å². The van der Waals surface area contributed by atoms with Gasteiger partial charge in [0.1, 0.15) is 17.0 Å². The number of pyridine rings is 1. The summed E-state index contributed by atoms with van der Waals surface area (Å²) in [6.45, 7) is 1.89. The van der Waals surface area contributed by atoms with E-state index >= 15 is 0 Å². The Morgan fingerprint density at radius 1 is 0.958 bits per heavy atom. The second-order valence-electron chi connectivity index (χ2n) is 5.27. The Morgan fingerprint density at radius 3 is 2.33 bits per heavy atom. The van der Waals surface area contributed by atoms with Crippen LogP contribution in [-0.4, -0.2) is 25.2 Å². The van der Waals surface area contributed by atoms with Crippen molar-refractivity contribution in [2.45, 2.75) is 6.92 Å². The van der Waals surface area contributed by atoms with Crippen LogP contribution in [0.4, 0.5) is 0 Å². The van der Waals surface area contributed by atoms with Crippen molar-refractivity contribution in [2.75, 3.05) is 14.2 Å². The highest BCUT2D eigenvalue weighted by Gasteiger charge is 2.14. The molecule has 2 aromatic carbocycles. The number of nitrogens with zero attached hydrogens (tertiary/aromatic N) is 1. The average Bonchev–Trinajstić information content (AvgIpc) is 2.61. The number of carbonyl (C=O) groups is 1. The summed E-state index contributed by atoms with van der Waals surface area (Å²) in [5.41, 5.74) is 1.85. The molecule has 0 saturated heterocycles. The molecule has 0 aliphatic heterocycles.